The number of anilines is 2. The summed E-state index contributed by atoms with van der Waals surface area (Å²) in [7, 11) is -3.78. The summed E-state index contributed by atoms with van der Waals surface area (Å²) >= 11 is 0. The number of rotatable bonds is 6. The molecule has 8 heteroatoms. The highest BCUT2D eigenvalue weighted by atomic mass is 32.2. The molecule has 1 heterocycles. The van der Waals surface area contributed by atoms with Crippen LogP contribution in [-0.2, 0) is 14.8 Å². The average Bonchev–Trinajstić information content (AvgIpc) is 2.76. The SMILES string of the molecule is CCCOc1ccc(S(=O)(=O)Nc2ccc3c(c2)NC(=O)C(C)(C)CO3)cc1. The van der Waals surface area contributed by atoms with Crippen LogP contribution in [0.25, 0.3) is 0 Å². The molecule has 1 aliphatic heterocycles. The number of ether oxygens (including phenoxy) is 2. The Morgan fingerprint density at radius 1 is 1.18 bits per heavy atom. The predicted molar refractivity (Wildman–Crippen MR) is 107 cm³/mol. The van der Waals surface area contributed by atoms with Crippen LogP contribution in [0.15, 0.2) is 47.4 Å². The van der Waals surface area contributed by atoms with E-state index in [9.17, 15) is 13.2 Å². The van der Waals surface area contributed by atoms with Crippen molar-refractivity contribution in [3.8, 4) is 11.5 Å². The molecule has 0 aliphatic carbocycles. The third-order valence-corrected chi connectivity index (χ3v) is 5.69. The van der Waals surface area contributed by atoms with Crippen LogP contribution in [0.4, 0.5) is 11.4 Å². The van der Waals surface area contributed by atoms with E-state index in [1.807, 2.05) is 6.92 Å². The smallest absolute Gasteiger partial charge is 0.261 e. The molecule has 1 amide bonds. The summed E-state index contributed by atoms with van der Waals surface area (Å²) in [6.07, 6.45) is 0.872. The second kappa shape index (κ2) is 7.71. The number of nitrogens with one attached hydrogen (secondary N) is 2. The van der Waals surface area contributed by atoms with Gasteiger partial charge in [0.15, 0.2) is 0 Å². The number of sulfonamides is 1. The Morgan fingerprint density at radius 2 is 1.89 bits per heavy atom. The fourth-order valence-electron chi connectivity index (χ4n) is 2.58. The van der Waals surface area contributed by atoms with Crippen LogP contribution in [0.3, 0.4) is 0 Å². The van der Waals surface area contributed by atoms with E-state index in [2.05, 4.69) is 10.0 Å². The molecule has 7 nitrogen and oxygen atoms in total. The van der Waals surface area contributed by atoms with Gasteiger partial charge in [0.25, 0.3) is 10.0 Å². The van der Waals surface area contributed by atoms with E-state index >= 15 is 0 Å². The van der Waals surface area contributed by atoms with Gasteiger partial charge in [0.05, 0.1) is 28.3 Å². The number of hydrogen-bond donors (Lipinski definition) is 2. The molecule has 0 bridgehead atoms. The summed E-state index contributed by atoms with van der Waals surface area (Å²) in [5, 5.41) is 2.79. The van der Waals surface area contributed by atoms with Crippen molar-refractivity contribution in [2.75, 3.05) is 23.3 Å². The summed E-state index contributed by atoms with van der Waals surface area (Å²) < 4.78 is 39.0. The van der Waals surface area contributed by atoms with Gasteiger partial charge in [-0.25, -0.2) is 8.42 Å². The molecule has 0 spiro atoms. The summed E-state index contributed by atoms with van der Waals surface area (Å²) in [5.41, 5.74) is 0.0769. The zero-order valence-electron chi connectivity index (χ0n) is 16.1. The lowest BCUT2D eigenvalue weighted by molar-refractivity contribution is -0.124. The minimum Gasteiger partial charge on any atom is -0.494 e. The molecule has 0 saturated heterocycles. The van der Waals surface area contributed by atoms with E-state index in [1.165, 1.54) is 12.1 Å². The van der Waals surface area contributed by atoms with Gasteiger partial charge in [-0.3, -0.25) is 9.52 Å². The average molecular weight is 404 g/mol. The van der Waals surface area contributed by atoms with Gasteiger partial charge in [0.2, 0.25) is 5.91 Å². The molecule has 3 rings (SSSR count). The first-order valence-electron chi connectivity index (χ1n) is 9.05. The topological polar surface area (TPSA) is 93.7 Å². The maximum absolute atomic E-state index is 12.7. The second-order valence-electron chi connectivity index (χ2n) is 7.26. The van der Waals surface area contributed by atoms with Gasteiger partial charge in [0, 0.05) is 0 Å². The molecule has 0 saturated carbocycles. The van der Waals surface area contributed by atoms with Gasteiger partial charge >= 0.3 is 0 Å². The van der Waals surface area contributed by atoms with Gasteiger partial charge in [-0.05, 0) is 62.7 Å². The lowest BCUT2D eigenvalue weighted by Gasteiger charge is -2.18. The summed E-state index contributed by atoms with van der Waals surface area (Å²) in [4.78, 5) is 12.4. The quantitative estimate of drug-likeness (QED) is 0.767. The molecular formula is C20H24N2O5S. The van der Waals surface area contributed by atoms with Gasteiger partial charge in [-0.15, -0.1) is 0 Å². The van der Waals surface area contributed by atoms with Gasteiger partial charge < -0.3 is 14.8 Å². The van der Waals surface area contributed by atoms with Crippen molar-refractivity contribution in [3.63, 3.8) is 0 Å². The Balaban J connectivity index is 1.79. The number of amides is 1. The normalized spacial score (nSPS) is 15.6. The lowest BCUT2D eigenvalue weighted by atomic mass is 9.94. The molecule has 0 atom stereocenters. The Hall–Kier alpha value is -2.74. The van der Waals surface area contributed by atoms with Crippen LogP contribution in [-0.4, -0.2) is 27.5 Å². The van der Waals surface area contributed by atoms with Crippen molar-refractivity contribution in [2.45, 2.75) is 32.1 Å². The second-order valence-corrected chi connectivity index (χ2v) is 8.95. The van der Waals surface area contributed by atoms with Crippen LogP contribution in [0.2, 0.25) is 0 Å². The molecule has 2 N–H and O–H groups in total. The monoisotopic (exact) mass is 404 g/mol. The van der Waals surface area contributed by atoms with Gasteiger partial charge in [0.1, 0.15) is 18.1 Å². The van der Waals surface area contributed by atoms with E-state index < -0.39 is 15.4 Å². The molecule has 0 fully saturated rings. The Labute approximate surface area is 165 Å². The van der Waals surface area contributed by atoms with Crippen molar-refractivity contribution in [1.29, 1.82) is 0 Å². The highest BCUT2D eigenvalue weighted by Gasteiger charge is 2.32. The highest BCUT2D eigenvalue weighted by Crippen LogP contribution is 2.34. The van der Waals surface area contributed by atoms with E-state index in [4.69, 9.17) is 9.47 Å². The van der Waals surface area contributed by atoms with E-state index in [0.29, 0.717) is 29.5 Å². The number of benzene rings is 2. The third kappa shape index (κ3) is 4.39. The zero-order valence-corrected chi connectivity index (χ0v) is 16.9. The Bertz CT molecular complexity index is 969. The first-order chi connectivity index (χ1) is 13.2. The minimum atomic E-state index is -3.78. The maximum Gasteiger partial charge on any atom is 0.261 e. The zero-order chi connectivity index (χ0) is 20.4. The lowest BCUT2D eigenvalue weighted by Crippen LogP contribution is -2.33. The van der Waals surface area contributed by atoms with Crippen molar-refractivity contribution >= 4 is 27.3 Å². The first kappa shape index (κ1) is 20.0. The van der Waals surface area contributed by atoms with E-state index in [1.54, 1.807) is 44.2 Å². The fraction of sp³-hybridized carbons (Fsp3) is 0.350. The van der Waals surface area contributed by atoms with Crippen LogP contribution in [0.1, 0.15) is 27.2 Å². The highest BCUT2D eigenvalue weighted by molar-refractivity contribution is 7.92. The largest absolute Gasteiger partial charge is 0.494 e. The Kier molecular flexibility index (Phi) is 5.51. The minimum absolute atomic E-state index is 0.118. The van der Waals surface area contributed by atoms with Crippen molar-refractivity contribution in [1.82, 2.24) is 0 Å². The molecular weight excluding hydrogens is 380 g/mol. The molecule has 0 unspecified atom stereocenters. The number of fused-ring (bicyclic) bond motifs is 1. The summed E-state index contributed by atoms with van der Waals surface area (Å²) in [6, 6.07) is 11.0. The molecule has 28 heavy (non-hydrogen) atoms. The van der Waals surface area contributed by atoms with Gasteiger partial charge in [-0.2, -0.15) is 0 Å². The Morgan fingerprint density at radius 3 is 2.57 bits per heavy atom. The summed E-state index contributed by atoms with van der Waals surface area (Å²) in [5.74, 6) is 0.932. The standard InChI is InChI=1S/C20H24N2O5S/c1-4-11-26-15-6-8-16(9-7-15)28(24,25)22-14-5-10-18-17(12-14)21-19(23)20(2,3)13-27-18/h5-10,12,22H,4,11,13H2,1-3H3,(H,21,23). The van der Waals surface area contributed by atoms with Crippen LogP contribution < -0.4 is 19.5 Å². The van der Waals surface area contributed by atoms with E-state index in [-0.39, 0.29) is 17.4 Å². The van der Waals surface area contributed by atoms with Crippen molar-refractivity contribution < 1.29 is 22.7 Å². The fourth-order valence-corrected chi connectivity index (χ4v) is 3.63. The first-order valence-corrected chi connectivity index (χ1v) is 10.5. The molecule has 150 valence electrons. The number of carbonyl (C=O) groups is 1. The predicted octanol–water partition coefficient (Wildman–Crippen LogP) is 3.63. The molecule has 0 radical (unpaired) electrons. The van der Waals surface area contributed by atoms with Crippen LogP contribution >= 0.6 is 0 Å². The molecule has 2 aromatic carbocycles. The van der Waals surface area contributed by atoms with Crippen LogP contribution in [0, 0.1) is 5.41 Å². The summed E-state index contributed by atoms with van der Waals surface area (Å²) in [6.45, 7) is 6.38. The molecule has 1 aliphatic rings. The van der Waals surface area contributed by atoms with E-state index in [0.717, 1.165) is 6.42 Å². The molecule has 2 aromatic rings. The van der Waals surface area contributed by atoms with Crippen molar-refractivity contribution in [3.05, 3.63) is 42.5 Å². The number of carbonyl (C=O) groups excluding carboxylic acids is 1. The van der Waals surface area contributed by atoms with Gasteiger partial charge in [-0.1, -0.05) is 6.92 Å². The maximum atomic E-state index is 12.7. The van der Waals surface area contributed by atoms with Crippen molar-refractivity contribution in [2.24, 2.45) is 5.41 Å². The van der Waals surface area contributed by atoms with Crippen LogP contribution in [0.5, 0.6) is 11.5 Å². The third-order valence-electron chi connectivity index (χ3n) is 4.29. The number of hydrogen-bond acceptors (Lipinski definition) is 5. The molecule has 0 aromatic heterocycles.